The number of benzene rings is 1. The van der Waals surface area contributed by atoms with Crippen molar-refractivity contribution in [1.29, 1.82) is 0 Å². The Kier molecular flexibility index (Phi) is 3.14. The largest absolute Gasteiger partial charge is 0.508 e. The van der Waals surface area contributed by atoms with Crippen molar-refractivity contribution in [3.05, 3.63) is 53.5 Å². The van der Waals surface area contributed by atoms with Crippen LogP contribution in [0.25, 0.3) is 0 Å². The van der Waals surface area contributed by atoms with Crippen LogP contribution < -0.4 is 5.32 Å². The average Bonchev–Trinajstić information content (AvgIpc) is 2.74. The van der Waals surface area contributed by atoms with Crippen molar-refractivity contribution < 1.29 is 14.3 Å². The van der Waals surface area contributed by atoms with Gasteiger partial charge in [-0.15, -0.1) is 0 Å². The molecule has 0 saturated heterocycles. The van der Waals surface area contributed by atoms with Gasteiger partial charge in [-0.3, -0.25) is 4.79 Å². The van der Waals surface area contributed by atoms with E-state index in [9.17, 15) is 4.79 Å². The molecule has 1 aromatic carbocycles. The van der Waals surface area contributed by atoms with Crippen LogP contribution in [0.1, 0.15) is 21.7 Å². The Bertz CT molecular complexity index is 514. The SMILES string of the molecule is Cc1occc1C(=O)NCc1ccc(O)cc1. The quantitative estimate of drug-likeness (QED) is 0.851. The zero-order valence-corrected chi connectivity index (χ0v) is 9.43. The molecule has 88 valence electrons. The van der Waals surface area contributed by atoms with Crippen LogP contribution in [-0.2, 0) is 6.54 Å². The smallest absolute Gasteiger partial charge is 0.255 e. The first kappa shape index (κ1) is 11.3. The number of carbonyl (C=O) groups is 1. The standard InChI is InChI=1S/C13H13NO3/c1-9-12(6-7-17-9)13(16)14-8-10-2-4-11(15)5-3-10/h2-7,15H,8H2,1H3,(H,14,16). The Morgan fingerprint density at radius 1 is 1.29 bits per heavy atom. The number of nitrogens with one attached hydrogen (secondary N) is 1. The van der Waals surface area contributed by atoms with Crippen molar-refractivity contribution in [2.45, 2.75) is 13.5 Å². The molecule has 0 radical (unpaired) electrons. The van der Waals surface area contributed by atoms with Gasteiger partial charge in [-0.1, -0.05) is 12.1 Å². The van der Waals surface area contributed by atoms with E-state index in [1.807, 2.05) is 0 Å². The number of amides is 1. The maximum absolute atomic E-state index is 11.7. The predicted molar refractivity (Wildman–Crippen MR) is 62.7 cm³/mol. The third kappa shape index (κ3) is 2.66. The van der Waals surface area contributed by atoms with Crippen LogP contribution in [0.4, 0.5) is 0 Å². The monoisotopic (exact) mass is 231 g/mol. The summed E-state index contributed by atoms with van der Waals surface area (Å²) in [6.45, 7) is 2.17. The Morgan fingerprint density at radius 2 is 2.00 bits per heavy atom. The number of hydrogen-bond donors (Lipinski definition) is 2. The van der Waals surface area contributed by atoms with E-state index < -0.39 is 0 Å². The molecule has 0 saturated carbocycles. The highest BCUT2D eigenvalue weighted by molar-refractivity contribution is 5.94. The van der Waals surface area contributed by atoms with Crippen molar-refractivity contribution in [3.63, 3.8) is 0 Å². The zero-order chi connectivity index (χ0) is 12.3. The Morgan fingerprint density at radius 3 is 2.59 bits per heavy atom. The van der Waals surface area contributed by atoms with Gasteiger partial charge in [-0.2, -0.15) is 0 Å². The minimum Gasteiger partial charge on any atom is -0.508 e. The average molecular weight is 231 g/mol. The lowest BCUT2D eigenvalue weighted by Crippen LogP contribution is -2.22. The first-order valence-corrected chi connectivity index (χ1v) is 5.27. The summed E-state index contributed by atoms with van der Waals surface area (Å²) in [6, 6.07) is 8.34. The number of aromatic hydroxyl groups is 1. The number of furan rings is 1. The van der Waals surface area contributed by atoms with Gasteiger partial charge >= 0.3 is 0 Å². The Labute approximate surface area is 98.9 Å². The highest BCUT2D eigenvalue weighted by Gasteiger charge is 2.10. The molecule has 0 aliphatic carbocycles. The summed E-state index contributed by atoms with van der Waals surface area (Å²) in [4.78, 5) is 11.7. The van der Waals surface area contributed by atoms with Crippen molar-refractivity contribution >= 4 is 5.91 Å². The highest BCUT2D eigenvalue weighted by atomic mass is 16.3. The van der Waals surface area contributed by atoms with E-state index in [0.717, 1.165) is 5.56 Å². The van der Waals surface area contributed by atoms with Crippen LogP contribution in [0.3, 0.4) is 0 Å². The van der Waals surface area contributed by atoms with Crippen LogP contribution in [0.5, 0.6) is 5.75 Å². The molecule has 4 heteroatoms. The van der Waals surface area contributed by atoms with Gasteiger partial charge in [0.2, 0.25) is 0 Å². The van der Waals surface area contributed by atoms with Crippen LogP contribution >= 0.6 is 0 Å². The molecule has 0 atom stereocenters. The van der Waals surface area contributed by atoms with Gasteiger partial charge in [0.05, 0.1) is 11.8 Å². The lowest BCUT2D eigenvalue weighted by atomic mass is 10.2. The molecule has 0 unspecified atom stereocenters. The summed E-state index contributed by atoms with van der Waals surface area (Å²) in [7, 11) is 0. The van der Waals surface area contributed by atoms with Crippen molar-refractivity contribution in [2.24, 2.45) is 0 Å². The fourth-order valence-electron chi connectivity index (χ4n) is 1.51. The van der Waals surface area contributed by atoms with Gasteiger partial charge in [-0.25, -0.2) is 0 Å². The van der Waals surface area contributed by atoms with Gasteiger partial charge < -0.3 is 14.8 Å². The van der Waals surface area contributed by atoms with E-state index in [1.54, 1.807) is 37.3 Å². The van der Waals surface area contributed by atoms with Crippen molar-refractivity contribution in [3.8, 4) is 5.75 Å². The summed E-state index contributed by atoms with van der Waals surface area (Å²) in [5.41, 5.74) is 1.47. The van der Waals surface area contributed by atoms with E-state index in [4.69, 9.17) is 9.52 Å². The molecule has 2 N–H and O–H groups in total. The Balaban J connectivity index is 1.97. The molecule has 17 heavy (non-hydrogen) atoms. The minimum absolute atomic E-state index is 0.163. The molecule has 1 aromatic heterocycles. The molecule has 2 aromatic rings. The van der Waals surface area contributed by atoms with Gasteiger partial charge in [0.1, 0.15) is 11.5 Å². The third-order valence-corrected chi connectivity index (χ3v) is 2.49. The lowest BCUT2D eigenvalue weighted by Gasteiger charge is -2.04. The molecule has 0 aliphatic heterocycles. The number of hydrogen-bond acceptors (Lipinski definition) is 3. The van der Waals surface area contributed by atoms with Crippen LogP contribution in [0.15, 0.2) is 41.0 Å². The molecule has 1 amide bonds. The number of phenolic OH excluding ortho intramolecular Hbond substituents is 1. The molecule has 1 heterocycles. The molecule has 0 aliphatic rings. The van der Waals surface area contributed by atoms with Gasteiger partial charge in [0.25, 0.3) is 5.91 Å². The normalized spacial score (nSPS) is 10.2. The van der Waals surface area contributed by atoms with E-state index >= 15 is 0 Å². The number of rotatable bonds is 3. The lowest BCUT2D eigenvalue weighted by molar-refractivity contribution is 0.0949. The second-order valence-corrected chi connectivity index (χ2v) is 3.74. The minimum atomic E-state index is -0.163. The molecular formula is C13H13NO3. The summed E-state index contributed by atoms with van der Waals surface area (Å²) >= 11 is 0. The van der Waals surface area contributed by atoms with Crippen molar-refractivity contribution in [1.82, 2.24) is 5.32 Å². The zero-order valence-electron chi connectivity index (χ0n) is 9.43. The molecule has 2 rings (SSSR count). The Hall–Kier alpha value is -2.23. The predicted octanol–water partition coefficient (Wildman–Crippen LogP) is 2.22. The molecule has 0 bridgehead atoms. The van der Waals surface area contributed by atoms with Gasteiger partial charge in [0, 0.05) is 6.54 Å². The molecule has 0 fully saturated rings. The summed E-state index contributed by atoms with van der Waals surface area (Å²) in [5.74, 6) is 0.656. The van der Waals surface area contributed by atoms with E-state index in [-0.39, 0.29) is 11.7 Å². The van der Waals surface area contributed by atoms with Gasteiger partial charge in [-0.05, 0) is 30.7 Å². The first-order valence-electron chi connectivity index (χ1n) is 5.27. The van der Waals surface area contributed by atoms with Crippen LogP contribution in [-0.4, -0.2) is 11.0 Å². The third-order valence-electron chi connectivity index (χ3n) is 2.49. The maximum atomic E-state index is 11.7. The molecule has 0 spiro atoms. The van der Waals surface area contributed by atoms with E-state index in [2.05, 4.69) is 5.32 Å². The summed E-state index contributed by atoms with van der Waals surface area (Å²) in [6.07, 6.45) is 1.49. The second kappa shape index (κ2) is 4.74. The number of carbonyl (C=O) groups excluding carboxylic acids is 1. The number of aryl methyl sites for hydroxylation is 1. The van der Waals surface area contributed by atoms with Gasteiger partial charge in [0.15, 0.2) is 0 Å². The number of phenols is 1. The fraction of sp³-hybridized carbons (Fsp3) is 0.154. The van der Waals surface area contributed by atoms with Crippen LogP contribution in [0, 0.1) is 6.92 Å². The fourth-order valence-corrected chi connectivity index (χ4v) is 1.51. The maximum Gasteiger partial charge on any atom is 0.255 e. The van der Waals surface area contributed by atoms with Crippen LogP contribution in [0.2, 0.25) is 0 Å². The van der Waals surface area contributed by atoms with E-state index in [0.29, 0.717) is 17.9 Å². The molecule has 4 nitrogen and oxygen atoms in total. The highest BCUT2D eigenvalue weighted by Crippen LogP contribution is 2.11. The summed E-state index contributed by atoms with van der Waals surface area (Å²) < 4.78 is 5.06. The first-order chi connectivity index (χ1) is 8.16. The second-order valence-electron chi connectivity index (χ2n) is 3.74. The molecular weight excluding hydrogens is 218 g/mol. The summed E-state index contributed by atoms with van der Waals surface area (Å²) in [5, 5.41) is 11.9. The van der Waals surface area contributed by atoms with E-state index in [1.165, 1.54) is 6.26 Å². The van der Waals surface area contributed by atoms with Crippen molar-refractivity contribution in [2.75, 3.05) is 0 Å². The topological polar surface area (TPSA) is 62.5 Å².